The third-order valence-electron chi connectivity index (χ3n) is 4.26. The summed E-state index contributed by atoms with van der Waals surface area (Å²) >= 11 is 3.46. The minimum atomic E-state index is 0.0181. The van der Waals surface area contributed by atoms with Crippen molar-refractivity contribution in [2.75, 3.05) is 19.5 Å². The molecule has 0 unspecified atom stereocenters. The lowest BCUT2D eigenvalue weighted by molar-refractivity contribution is 0.305. The van der Waals surface area contributed by atoms with Crippen molar-refractivity contribution in [2.45, 2.75) is 26.8 Å². The zero-order chi connectivity index (χ0) is 19.6. The molecule has 0 aromatic carbocycles. The molecule has 0 aliphatic heterocycles. The highest BCUT2D eigenvalue weighted by Gasteiger charge is 2.16. The molecule has 3 rings (SSSR count). The number of nitrogen functional groups attached to an aromatic ring is 1. The van der Waals surface area contributed by atoms with Gasteiger partial charge in [-0.05, 0) is 40.9 Å². The van der Waals surface area contributed by atoms with Gasteiger partial charge in [-0.2, -0.15) is 4.98 Å². The maximum atomic E-state index is 8.97. The molecule has 0 aliphatic carbocycles. The minimum absolute atomic E-state index is 0.0181. The van der Waals surface area contributed by atoms with Crippen LogP contribution in [0.2, 0.25) is 0 Å². The highest BCUT2D eigenvalue weighted by atomic mass is 79.9. The first-order valence-electron chi connectivity index (χ1n) is 8.36. The maximum absolute atomic E-state index is 8.97. The zero-order valence-corrected chi connectivity index (χ0v) is 17.0. The van der Waals surface area contributed by atoms with Crippen molar-refractivity contribution >= 4 is 32.9 Å². The SMILES string of the molecule is COc1c(C)ncc(Cn2cc(C#CCCO)c3c(Br)nc(N)nc32)c1C. The van der Waals surface area contributed by atoms with Crippen LogP contribution in [0.4, 0.5) is 5.95 Å². The molecule has 27 heavy (non-hydrogen) atoms. The summed E-state index contributed by atoms with van der Waals surface area (Å²) in [7, 11) is 1.64. The van der Waals surface area contributed by atoms with Crippen LogP contribution in [0.3, 0.4) is 0 Å². The van der Waals surface area contributed by atoms with E-state index in [2.05, 4.69) is 42.7 Å². The molecule has 0 spiro atoms. The van der Waals surface area contributed by atoms with E-state index in [4.69, 9.17) is 15.6 Å². The van der Waals surface area contributed by atoms with Crippen LogP contribution in [0.1, 0.15) is 28.8 Å². The van der Waals surface area contributed by atoms with Gasteiger partial charge in [-0.1, -0.05) is 11.8 Å². The van der Waals surface area contributed by atoms with Crippen molar-refractivity contribution in [2.24, 2.45) is 0 Å². The van der Waals surface area contributed by atoms with Crippen molar-refractivity contribution < 1.29 is 9.84 Å². The summed E-state index contributed by atoms with van der Waals surface area (Å²) < 4.78 is 8.04. The van der Waals surface area contributed by atoms with Crippen LogP contribution >= 0.6 is 15.9 Å². The number of rotatable bonds is 4. The zero-order valence-electron chi connectivity index (χ0n) is 15.4. The summed E-state index contributed by atoms with van der Waals surface area (Å²) in [4.78, 5) is 13.0. The Labute approximate surface area is 165 Å². The average molecular weight is 430 g/mol. The molecule has 0 fully saturated rings. The fourth-order valence-electron chi connectivity index (χ4n) is 2.98. The molecule has 3 aromatic heterocycles. The Morgan fingerprint density at radius 2 is 2.11 bits per heavy atom. The van der Waals surface area contributed by atoms with Gasteiger partial charge in [-0.15, -0.1) is 0 Å². The smallest absolute Gasteiger partial charge is 0.223 e. The van der Waals surface area contributed by atoms with Crippen LogP contribution < -0.4 is 10.5 Å². The Balaban J connectivity index is 2.14. The van der Waals surface area contributed by atoms with E-state index in [9.17, 15) is 0 Å². The first-order chi connectivity index (χ1) is 13.0. The molecule has 0 amide bonds. The Morgan fingerprint density at radius 3 is 2.81 bits per heavy atom. The Kier molecular flexibility index (Phi) is 5.63. The Morgan fingerprint density at radius 1 is 1.33 bits per heavy atom. The number of methoxy groups -OCH3 is 1. The quantitative estimate of drug-likeness (QED) is 0.488. The summed E-state index contributed by atoms with van der Waals surface area (Å²) in [5.74, 6) is 6.99. The van der Waals surface area contributed by atoms with E-state index in [0.717, 1.165) is 33.5 Å². The maximum Gasteiger partial charge on any atom is 0.223 e. The molecule has 3 heterocycles. The lowest BCUT2D eigenvalue weighted by Crippen LogP contribution is -2.06. The van der Waals surface area contributed by atoms with Crippen LogP contribution in [-0.2, 0) is 6.54 Å². The van der Waals surface area contributed by atoms with E-state index in [1.165, 1.54) is 0 Å². The molecule has 0 atom stereocenters. The number of aromatic nitrogens is 4. The molecule has 140 valence electrons. The monoisotopic (exact) mass is 429 g/mol. The second kappa shape index (κ2) is 7.94. The van der Waals surface area contributed by atoms with E-state index in [-0.39, 0.29) is 12.6 Å². The molecular weight excluding hydrogens is 410 g/mol. The second-order valence-corrected chi connectivity index (χ2v) is 6.80. The third kappa shape index (κ3) is 3.75. The fourth-order valence-corrected chi connectivity index (χ4v) is 3.55. The summed E-state index contributed by atoms with van der Waals surface area (Å²) in [5, 5.41) is 9.76. The molecule has 0 saturated heterocycles. The number of hydrogen-bond acceptors (Lipinski definition) is 6. The molecule has 8 heteroatoms. The first kappa shape index (κ1) is 19.1. The third-order valence-corrected chi connectivity index (χ3v) is 4.83. The van der Waals surface area contributed by atoms with Crippen LogP contribution in [-0.4, -0.2) is 38.3 Å². The van der Waals surface area contributed by atoms with Gasteiger partial charge in [0.05, 0.1) is 36.9 Å². The summed E-state index contributed by atoms with van der Waals surface area (Å²) in [6, 6.07) is 0. The van der Waals surface area contributed by atoms with Gasteiger partial charge in [0.1, 0.15) is 16.0 Å². The van der Waals surface area contributed by atoms with E-state index in [1.54, 1.807) is 7.11 Å². The number of nitrogens with zero attached hydrogens (tertiary/aromatic N) is 4. The number of nitrogens with two attached hydrogens (primary N) is 1. The van der Waals surface area contributed by atoms with Gasteiger partial charge in [0, 0.05) is 18.8 Å². The Hall–Kier alpha value is -2.63. The molecule has 3 aromatic rings. The largest absolute Gasteiger partial charge is 0.495 e. The summed E-state index contributed by atoms with van der Waals surface area (Å²) in [6.45, 7) is 4.48. The van der Waals surface area contributed by atoms with Gasteiger partial charge in [-0.3, -0.25) is 4.98 Å². The molecular formula is C19H20BrN5O2. The topological polar surface area (TPSA) is 99.1 Å². The van der Waals surface area contributed by atoms with Crippen molar-refractivity contribution in [1.29, 1.82) is 0 Å². The number of anilines is 1. The number of pyridine rings is 1. The molecule has 0 radical (unpaired) electrons. The molecule has 7 nitrogen and oxygen atoms in total. The van der Waals surface area contributed by atoms with Crippen LogP contribution in [0, 0.1) is 25.7 Å². The van der Waals surface area contributed by atoms with Crippen LogP contribution in [0.25, 0.3) is 11.0 Å². The molecule has 3 N–H and O–H groups in total. The van der Waals surface area contributed by atoms with Gasteiger partial charge in [0.2, 0.25) is 5.95 Å². The number of ether oxygens (including phenoxy) is 1. The van der Waals surface area contributed by atoms with Crippen LogP contribution in [0.15, 0.2) is 17.0 Å². The van der Waals surface area contributed by atoms with Crippen molar-refractivity contribution in [3.8, 4) is 17.6 Å². The number of halogens is 1. The van der Waals surface area contributed by atoms with E-state index < -0.39 is 0 Å². The van der Waals surface area contributed by atoms with Gasteiger partial charge < -0.3 is 20.1 Å². The van der Waals surface area contributed by atoms with E-state index in [0.29, 0.717) is 23.2 Å². The minimum Gasteiger partial charge on any atom is -0.495 e. The van der Waals surface area contributed by atoms with Crippen LogP contribution in [0.5, 0.6) is 5.75 Å². The first-order valence-corrected chi connectivity index (χ1v) is 9.16. The highest BCUT2D eigenvalue weighted by molar-refractivity contribution is 9.10. The lowest BCUT2D eigenvalue weighted by Gasteiger charge is -2.13. The molecule has 0 aliphatic rings. The normalized spacial score (nSPS) is 10.7. The number of aliphatic hydroxyl groups excluding tert-OH is 1. The molecule has 0 saturated carbocycles. The Bertz CT molecular complexity index is 1070. The standard InChI is InChI=1S/C19H20BrN5O2/c1-11-14(8-22-12(2)16(11)27-3)10-25-9-13(6-4-5-7-26)15-17(20)23-19(21)24-18(15)25/h8-9,26H,5,7,10H2,1-3H3,(H2,21,23,24). The number of aliphatic hydroxyl groups is 1. The van der Waals surface area contributed by atoms with Gasteiger partial charge in [0.25, 0.3) is 0 Å². The second-order valence-electron chi connectivity index (χ2n) is 6.04. The van der Waals surface area contributed by atoms with E-state index >= 15 is 0 Å². The van der Waals surface area contributed by atoms with Crippen molar-refractivity contribution in [3.63, 3.8) is 0 Å². The molecule has 0 bridgehead atoms. The average Bonchev–Trinajstić information content (AvgIpc) is 2.96. The lowest BCUT2D eigenvalue weighted by atomic mass is 10.1. The summed E-state index contributed by atoms with van der Waals surface area (Å²) in [6.07, 6.45) is 4.16. The van der Waals surface area contributed by atoms with Crippen molar-refractivity contribution in [1.82, 2.24) is 19.5 Å². The van der Waals surface area contributed by atoms with Gasteiger partial charge >= 0.3 is 0 Å². The summed E-state index contributed by atoms with van der Waals surface area (Å²) in [5.41, 5.74) is 10.2. The van der Waals surface area contributed by atoms with E-state index in [1.807, 2.05) is 30.8 Å². The number of fused-ring (bicyclic) bond motifs is 1. The van der Waals surface area contributed by atoms with Gasteiger partial charge in [0.15, 0.2) is 0 Å². The number of hydrogen-bond donors (Lipinski definition) is 2. The fraction of sp³-hybridized carbons (Fsp3) is 0.316. The predicted molar refractivity (Wildman–Crippen MR) is 108 cm³/mol. The van der Waals surface area contributed by atoms with Gasteiger partial charge in [-0.25, -0.2) is 4.98 Å². The number of aryl methyl sites for hydroxylation is 1. The predicted octanol–water partition coefficient (Wildman–Crippen LogP) is 2.58. The van der Waals surface area contributed by atoms with Crippen molar-refractivity contribution in [3.05, 3.63) is 39.4 Å². The highest BCUT2D eigenvalue weighted by Crippen LogP contribution is 2.29.